The first-order valence-electron chi connectivity index (χ1n) is 8.69. The number of nitrogens with one attached hydrogen (secondary N) is 1. The van der Waals surface area contributed by atoms with Gasteiger partial charge in [-0.05, 0) is 42.0 Å². The number of nitrogens with zero attached hydrogens (tertiary/aromatic N) is 1. The van der Waals surface area contributed by atoms with Gasteiger partial charge in [-0.3, -0.25) is 9.69 Å². The number of halogens is 2. The van der Waals surface area contributed by atoms with Crippen LogP contribution >= 0.6 is 0 Å². The van der Waals surface area contributed by atoms with Crippen LogP contribution in [0.2, 0.25) is 0 Å². The van der Waals surface area contributed by atoms with Crippen molar-refractivity contribution >= 4 is 21.4 Å². The van der Waals surface area contributed by atoms with Crippen molar-refractivity contribution < 1.29 is 26.7 Å². The van der Waals surface area contributed by atoms with E-state index >= 15 is 0 Å². The molecule has 1 heterocycles. The van der Waals surface area contributed by atoms with E-state index in [2.05, 4.69) is 10.2 Å². The highest BCUT2D eigenvalue weighted by Crippen LogP contribution is 2.19. The molecule has 0 atom stereocenters. The highest BCUT2D eigenvalue weighted by molar-refractivity contribution is 7.91. The molecule has 1 N–H and O–H groups in total. The molecule has 0 radical (unpaired) electrons. The molecule has 0 bridgehead atoms. The monoisotopic (exact) mass is 410 g/mol. The molecule has 0 aliphatic carbocycles. The van der Waals surface area contributed by atoms with Crippen molar-refractivity contribution in [2.24, 2.45) is 0 Å². The van der Waals surface area contributed by atoms with Gasteiger partial charge < -0.3 is 10.1 Å². The maximum Gasteiger partial charge on any atom is 0.341 e. The Morgan fingerprint density at radius 2 is 1.64 bits per heavy atom. The van der Waals surface area contributed by atoms with E-state index in [1.807, 2.05) is 12.1 Å². The van der Waals surface area contributed by atoms with Crippen molar-refractivity contribution in [3.8, 4) is 0 Å². The maximum absolute atomic E-state index is 12.5. The lowest BCUT2D eigenvalue weighted by Gasteiger charge is -2.26. The minimum absolute atomic E-state index is 0.172. The number of carbonyl (C=O) groups is 1. The molecule has 0 aromatic heterocycles. The number of rotatable bonds is 6. The summed E-state index contributed by atoms with van der Waals surface area (Å²) in [5.41, 5.74) is 1.87. The Morgan fingerprint density at radius 3 is 2.21 bits per heavy atom. The topological polar surface area (TPSA) is 75.7 Å². The quantitative estimate of drug-likeness (QED) is 0.793. The van der Waals surface area contributed by atoms with Gasteiger partial charge in [-0.15, -0.1) is 0 Å². The molecule has 1 fully saturated rings. The predicted molar refractivity (Wildman–Crippen MR) is 100 cm³/mol. The minimum atomic E-state index is -4.67. The Bertz CT molecular complexity index is 910. The molecule has 2 aromatic rings. The summed E-state index contributed by atoms with van der Waals surface area (Å²) in [7, 11) is -4.67. The number of carbonyl (C=O) groups excluding carboxylic acids is 1. The van der Waals surface area contributed by atoms with Gasteiger partial charge in [-0.25, -0.2) is 8.42 Å². The van der Waals surface area contributed by atoms with E-state index < -0.39 is 26.4 Å². The zero-order chi connectivity index (χ0) is 20.1. The molecule has 1 aliphatic heterocycles. The van der Waals surface area contributed by atoms with Crippen LogP contribution in [-0.2, 0) is 21.1 Å². The fourth-order valence-electron chi connectivity index (χ4n) is 2.81. The SMILES string of the molecule is O=C(Nc1ccc(CN2CCOCC2)cc1)c1ccc(S(=O)(=O)C(F)F)cc1. The molecule has 9 heteroatoms. The smallest absolute Gasteiger partial charge is 0.341 e. The van der Waals surface area contributed by atoms with Crippen LogP contribution in [0, 0.1) is 0 Å². The number of hydrogen-bond donors (Lipinski definition) is 1. The van der Waals surface area contributed by atoms with E-state index in [1.165, 1.54) is 12.1 Å². The first-order chi connectivity index (χ1) is 13.4. The fourth-order valence-corrected chi connectivity index (χ4v) is 3.53. The van der Waals surface area contributed by atoms with Crippen LogP contribution in [0.3, 0.4) is 0 Å². The van der Waals surface area contributed by atoms with Gasteiger partial charge in [0, 0.05) is 30.9 Å². The van der Waals surface area contributed by atoms with Crippen LogP contribution < -0.4 is 5.32 Å². The summed E-state index contributed by atoms with van der Waals surface area (Å²) in [5.74, 6) is -3.95. The van der Waals surface area contributed by atoms with E-state index in [0.717, 1.165) is 50.5 Å². The Balaban J connectivity index is 1.61. The third-order valence-corrected chi connectivity index (χ3v) is 5.80. The van der Waals surface area contributed by atoms with Gasteiger partial charge in [-0.2, -0.15) is 8.78 Å². The summed E-state index contributed by atoms with van der Waals surface area (Å²) in [6.45, 7) is 4.03. The second kappa shape index (κ2) is 8.76. The lowest BCUT2D eigenvalue weighted by molar-refractivity contribution is 0.0342. The van der Waals surface area contributed by atoms with Gasteiger partial charge in [0.2, 0.25) is 9.84 Å². The number of alkyl halides is 2. The fraction of sp³-hybridized carbons (Fsp3) is 0.316. The van der Waals surface area contributed by atoms with Crippen LogP contribution in [0.4, 0.5) is 14.5 Å². The molecule has 1 aliphatic rings. The molecule has 1 amide bonds. The Labute approximate surface area is 162 Å². The van der Waals surface area contributed by atoms with E-state index in [0.29, 0.717) is 5.69 Å². The first-order valence-corrected chi connectivity index (χ1v) is 10.2. The van der Waals surface area contributed by atoms with Crippen LogP contribution in [0.25, 0.3) is 0 Å². The van der Waals surface area contributed by atoms with Gasteiger partial charge in [0.25, 0.3) is 5.91 Å². The number of sulfone groups is 1. The zero-order valence-corrected chi connectivity index (χ0v) is 15.8. The predicted octanol–water partition coefficient (Wildman–Crippen LogP) is 2.77. The largest absolute Gasteiger partial charge is 0.379 e. The van der Waals surface area contributed by atoms with Crippen molar-refractivity contribution in [2.75, 3.05) is 31.6 Å². The average molecular weight is 410 g/mol. The second-order valence-electron chi connectivity index (χ2n) is 6.37. The van der Waals surface area contributed by atoms with Crippen molar-refractivity contribution in [1.29, 1.82) is 0 Å². The van der Waals surface area contributed by atoms with E-state index in [-0.39, 0.29) is 5.56 Å². The van der Waals surface area contributed by atoms with Crippen molar-refractivity contribution in [2.45, 2.75) is 17.2 Å². The van der Waals surface area contributed by atoms with Crippen LogP contribution in [0.1, 0.15) is 15.9 Å². The molecule has 28 heavy (non-hydrogen) atoms. The summed E-state index contributed by atoms with van der Waals surface area (Å²) in [4.78, 5) is 14.0. The molecule has 3 rings (SSSR count). The minimum Gasteiger partial charge on any atom is -0.379 e. The summed E-state index contributed by atoms with van der Waals surface area (Å²) >= 11 is 0. The summed E-state index contributed by atoms with van der Waals surface area (Å²) < 4.78 is 53.3. The Kier molecular flexibility index (Phi) is 6.38. The molecular weight excluding hydrogens is 390 g/mol. The number of benzene rings is 2. The lowest BCUT2D eigenvalue weighted by Crippen LogP contribution is -2.35. The number of hydrogen-bond acceptors (Lipinski definition) is 5. The number of morpholine rings is 1. The summed E-state index contributed by atoms with van der Waals surface area (Å²) in [6.07, 6.45) is 0. The molecule has 0 unspecified atom stereocenters. The molecule has 150 valence electrons. The standard InChI is InChI=1S/C19H20F2N2O4S/c20-19(21)28(25,26)17-7-3-15(4-8-17)18(24)22-16-5-1-14(2-6-16)13-23-9-11-27-12-10-23/h1-8,19H,9-13H2,(H,22,24). The molecule has 2 aromatic carbocycles. The highest BCUT2D eigenvalue weighted by atomic mass is 32.2. The third-order valence-electron chi connectivity index (χ3n) is 4.40. The first kappa shape index (κ1) is 20.4. The van der Waals surface area contributed by atoms with Gasteiger partial charge in [0.15, 0.2) is 0 Å². The Morgan fingerprint density at radius 1 is 1.04 bits per heavy atom. The Hall–Kier alpha value is -2.36. The van der Waals surface area contributed by atoms with Crippen LogP contribution in [0.15, 0.2) is 53.4 Å². The molecule has 6 nitrogen and oxygen atoms in total. The lowest BCUT2D eigenvalue weighted by atomic mass is 10.1. The van der Waals surface area contributed by atoms with Crippen molar-refractivity contribution in [3.05, 3.63) is 59.7 Å². The van der Waals surface area contributed by atoms with Crippen LogP contribution in [0.5, 0.6) is 0 Å². The van der Waals surface area contributed by atoms with E-state index in [1.54, 1.807) is 12.1 Å². The third kappa shape index (κ3) is 4.92. The van der Waals surface area contributed by atoms with Crippen molar-refractivity contribution in [1.82, 2.24) is 4.90 Å². The number of ether oxygens (including phenoxy) is 1. The van der Waals surface area contributed by atoms with Gasteiger partial charge in [-0.1, -0.05) is 12.1 Å². The summed E-state index contributed by atoms with van der Waals surface area (Å²) in [5, 5.41) is 2.70. The average Bonchev–Trinajstić information content (AvgIpc) is 2.70. The van der Waals surface area contributed by atoms with E-state index in [9.17, 15) is 22.0 Å². The highest BCUT2D eigenvalue weighted by Gasteiger charge is 2.26. The molecular formula is C19H20F2N2O4S. The summed E-state index contributed by atoms with van der Waals surface area (Å²) in [6, 6.07) is 11.8. The molecule has 0 saturated carbocycles. The molecule has 0 spiro atoms. The van der Waals surface area contributed by atoms with Crippen LogP contribution in [-0.4, -0.2) is 51.3 Å². The second-order valence-corrected chi connectivity index (χ2v) is 8.29. The van der Waals surface area contributed by atoms with Gasteiger partial charge >= 0.3 is 5.76 Å². The van der Waals surface area contributed by atoms with Gasteiger partial charge in [0.1, 0.15) is 0 Å². The maximum atomic E-state index is 12.5. The van der Waals surface area contributed by atoms with E-state index in [4.69, 9.17) is 4.74 Å². The normalized spacial score (nSPS) is 15.5. The van der Waals surface area contributed by atoms with Gasteiger partial charge in [0.05, 0.1) is 18.1 Å². The molecule has 1 saturated heterocycles. The number of anilines is 1. The zero-order valence-electron chi connectivity index (χ0n) is 15.0. The van der Waals surface area contributed by atoms with Crippen molar-refractivity contribution in [3.63, 3.8) is 0 Å². The number of amides is 1.